The summed E-state index contributed by atoms with van der Waals surface area (Å²) in [6.07, 6.45) is 3.91. The monoisotopic (exact) mass is 280 g/mol. The van der Waals surface area contributed by atoms with Gasteiger partial charge in [0.25, 0.3) is 0 Å². The Morgan fingerprint density at radius 3 is 2.06 bits per heavy atom. The maximum atomic E-state index is 13.7. The molecule has 0 aliphatic heterocycles. The predicted octanol–water partition coefficient (Wildman–Crippen LogP) is 2.56. The van der Waals surface area contributed by atoms with Crippen molar-refractivity contribution in [2.45, 2.75) is 12.1 Å². The van der Waals surface area contributed by atoms with Crippen molar-refractivity contribution < 1.29 is 4.39 Å². The second kappa shape index (κ2) is 9.42. The summed E-state index contributed by atoms with van der Waals surface area (Å²) in [5, 5.41) is 0. The van der Waals surface area contributed by atoms with Gasteiger partial charge in [-0.2, -0.15) is 0 Å². The molecule has 0 aliphatic carbocycles. The molecule has 1 aromatic carbocycles. The van der Waals surface area contributed by atoms with Gasteiger partial charge < -0.3 is 11.5 Å². The third kappa shape index (κ3) is 6.64. The van der Waals surface area contributed by atoms with Crippen LogP contribution in [0, 0.1) is 0 Å². The zero-order valence-corrected chi connectivity index (χ0v) is 11.1. The van der Waals surface area contributed by atoms with E-state index in [2.05, 4.69) is 0 Å². The smallest absolute Gasteiger partial charge is 0.138 e. The molecule has 5 heteroatoms. The molecule has 0 aromatic heterocycles. The van der Waals surface area contributed by atoms with Gasteiger partial charge in [0.05, 0.1) is 0 Å². The molecule has 0 bridgehead atoms. The Kier molecular flexibility index (Phi) is 10.4. The average Bonchev–Trinajstić information content (AvgIpc) is 2.30. The van der Waals surface area contributed by atoms with Gasteiger partial charge in [0, 0.05) is 19.5 Å². The number of rotatable bonds is 5. The molecule has 0 radical (unpaired) electrons. The molecule has 0 aliphatic rings. The van der Waals surface area contributed by atoms with Crippen molar-refractivity contribution in [3.63, 3.8) is 0 Å². The van der Waals surface area contributed by atoms with Crippen LogP contribution >= 0.6 is 24.8 Å². The number of hydrogen-bond acceptors (Lipinski definition) is 2. The van der Waals surface area contributed by atoms with Gasteiger partial charge in [-0.05, 0) is 5.56 Å². The first kappa shape index (κ1) is 18.7. The lowest BCUT2D eigenvalue weighted by atomic mass is 10.0. The minimum absolute atomic E-state index is 0. The van der Waals surface area contributed by atoms with Gasteiger partial charge in [-0.1, -0.05) is 42.5 Å². The van der Waals surface area contributed by atoms with Crippen LogP contribution in [0.4, 0.5) is 4.39 Å². The minimum Gasteiger partial charge on any atom is -0.327 e. The maximum absolute atomic E-state index is 13.7. The minimum atomic E-state index is -1.47. The van der Waals surface area contributed by atoms with Crippen LogP contribution in [0.25, 0.3) is 6.08 Å². The first-order chi connectivity index (χ1) is 7.20. The Hall–Kier alpha value is -0.610. The topological polar surface area (TPSA) is 52.0 Å². The Balaban J connectivity index is 0. The number of allylic oxidation sites excluding steroid dienone is 1. The van der Waals surface area contributed by atoms with Crippen molar-refractivity contribution in [2.24, 2.45) is 11.5 Å². The fourth-order valence-corrected chi connectivity index (χ4v) is 1.22. The summed E-state index contributed by atoms with van der Waals surface area (Å²) in [5.41, 5.74) is 10.2. The van der Waals surface area contributed by atoms with E-state index in [-0.39, 0.29) is 44.3 Å². The highest BCUT2D eigenvalue weighted by atomic mass is 35.5. The standard InChI is InChI=1S/C12H17FN2.2ClH/c13-12(9-14,10-15)8-4-7-11-5-2-1-3-6-11;;/h1-7H,8-10,14-15H2;2*1H/b7-4+;;. The molecule has 0 atom stereocenters. The molecule has 0 spiro atoms. The molecule has 17 heavy (non-hydrogen) atoms. The zero-order valence-electron chi connectivity index (χ0n) is 9.51. The second-order valence-electron chi connectivity index (χ2n) is 3.58. The largest absolute Gasteiger partial charge is 0.327 e. The molecule has 0 saturated carbocycles. The second-order valence-corrected chi connectivity index (χ2v) is 3.58. The van der Waals surface area contributed by atoms with Crippen LogP contribution < -0.4 is 11.5 Å². The summed E-state index contributed by atoms with van der Waals surface area (Å²) in [5.74, 6) is 0. The predicted molar refractivity (Wildman–Crippen MR) is 76.5 cm³/mol. The number of nitrogens with two attached hydrogens (primary N) is 2. The number of halogens is 3. The molecule has 98 valence electrons. The van der Waals surface area contributed by atoms with Crippen LogP contribution in [-0.2, 0) is 0 Å². The van der Waals surface area contributed by atoms with E-state index < -0.39 is 5.67 Å². The van der Waals surface area contributed by atoms with Gasteiger partial charge >= 0.3 is 0 Å². The molecule has 0 unspecified atom stereocenters. The molecular weight excluding hydrogens is 262 g/mol. The zero-order chi connectivity index (χ0) is 11.1. The lowest BCUT2D eigenvalue weighted by molar-refractivity contribution is 0.188. The third-order valence-corrected chi connectivity index (χ3v) is 2.33. The summed E-state index contributed by atoms with van der Waals surface area (Å²) in [6, 6.07) is 9.74. The van der Waals surface area contributed by atoms with Gasteiger partial charge in [0.15, 0.2) is 0 Å². The molecule has 0 fully saturated rings. The van der Waals surface area contributed by atoms with Crippen LogP contribution in [0.3, 0.4) is 0 Å². The lowest BCUT2D eigenvalue weighted by Gasteiger charge is -2.19. The summed E-state index contributed by atoms with van der Waals surface area (Å²) < 4.78 is 13.7. The van der Waals surface area contributed by atoms with Crippen molar-refractivity contribution in [1.82, 2.24) is 0 Å². The molecule has 0 saturated heterocycles. The number of alkyl halides is 1. The first-order valence-corrected chi connectivity index (χ1v) is 5.01. The normalized spacial score (nSPS) is 10.8. The van der Waals surface area contributed by atoms with Gasteiger partial charge in [-0.3, -0.25) is 0 Å². The van der Waals surface area contributed by atoms with E-state index >= 15 is 0 Å². The lowest BCUT2D eigenvalue weighted by Crippen LogP contribution is -2.40. The van der Waals surface area contributed by atoms with Crippen LogP contribution in [-0.4, -0.2) is 18.8 Å². The Morgan fingerprint density at radius 1 is 1.06 bits per heavy atom. The SMILES string of the molecule is Cl.Cl.NCC(F)(CN)C/C=C/c1ccccc1. The van der Waals surface area contributed by atoms with Gasteiger partial charge in [-0.25, -0.2) is 4.39 Å². The van der Waals surface area contributed by atoms with Crippen molar-refractivity contribution >= 4 is 30.9 Å². The summed E-state index contributed by atoms with van der Waals surface area (Å²) in [6.45, 7) is -0.0781. The quantitative estimate of drug-likeness (QED) is 0.871. The average molecular weight is 281 g/mol. The van der Waals surface area contributed by atoms with Gasteiger partial charge in [-0.15, -0.1) is 24.8 Å². The van der Waals surface area contributed by atoms with E-state index in [1.165, 1.54) is 0 Å². The van der Waals surface area contributed by atoms with Crippen LogP contribution in [0.15, 0.2) is 36.4 Å². The molecule has 1 aromatic rings. The Bertz CT molecular complexity index is 314. The van der Waals surface area contributed by atoms with Crippen molar-refractivity contribution in [3.05, 3.63) is 42.0 Å². The molecule has 4 N–H and O–H groups in total. The van der Waals surface area contributed by atoms with Crippen LogP contribution in [0.2, 0.25) is 0 Å². The number of hydrogen-bond donors (Lipinski definition) is 2. The number of benzene rings is 1. The molecule has 0 heterocycles. The van der Waals surface area contributed by atoms with Gasteiger partial charge in [0.2, 0.25) is 0 Å². The Morgan fingerprint density at radius 2 is 1.59 bits per heavy atom. The van der Waals surface area contributed by atoms with E-state index in [9.17, 15) is 4.39 Å². The van der Waals surface area contributed by atoms with E-state index in [0.29, 0.717) is 0 Å². The highest BCUT2D eigenvalue weighted by Gasteiger charge is 2.23. The van der Waals surface area contributed by atoms with E-state index in [0.717, 1.165) is 5.56 Å². The molecule has 0 amide bonds. The van der Waals surface area contributed by atoms with Crippen molar-refractivity contribution in [1.29, 1.82) is 0 Å². The highest BCUT2D eigenvalue weighted by molar-refractivity contribution is 5.85. The van der Waals surface area contributed by atoms with Gasteiger partial charge in [0.1, 0.15) is 5.67 Å². The fraction of sp³-hybridized carbons (Fsp3) is 0.333. The summed E-state index contributed by atoms with van der Waals surface area (Å²) in [7, 11) is 0. The third-order valence-electron chi connectivity index (χ3n) is 2.33. The maximum Gasteiger partial charge on any atom is 0.138 e. The summed E-state index contributed by atoms with van der Waals surface area (Å²) in [4.78, 5) is 0. The molecule has 2 nitrogen and oxygen atoms in total. The molecular formula is C12H19Cl2FN2. The van der Waals surface area contributed by atoms with Crippen molar-refractivity contribution in [2.75, 3.05) is 13.1 Å². The van der Waals surface area contributed by atoms with Crippen LogP contribution in [0.1, 0.15) is 12.0 Å². The Labute approximate surface area is 114 Å². The van der Waals surface area contributed by atoms with Crippen LogP contribution in [0.5, 0.6) is 0 Å². The first-order valence-electron chi connectivity index (χ1n) is 5.01. The molecule has 1 rings (SSSR count). The van der Waals surface area contributed by atoms with Crippen molar-refractivity contribution in [3.8, 4) is 0 Å². The van der Waals surface area contributed by atoms with E-state index in [1.54, 1.807) is 6.08 Å². The highest BCUT2D eigenvalue weighted by Crippen LogP contribution is 2.14. The summed E-state index contributed by atoms with van der Waals surface area (Å²) >= 11 is 0. The fourth-order valence-electron chi connectivity index (χ4n) is 1.22. The van der Waals surface area contributed by atoms with E-state index in [1.807, 2.05) is 36.4 Å². The van der Waals surface area contributed by atoms with E-state index in [4.69, 9.17) is 11.5 Å².